The molecule has 4 aromatic rings. The summed E-state index contributed by atoms with van der Waals surface area (Å²) >= 11 is 0. The number of hydrogen-bond donors (Lipinski definition) is 1. The van der Waals surface area contributed by atoms with Crippen LogP contribution in [-0.4, -0.2) is 83.4 Å². The number of halogens is 3. The molecular formula is C34H38F3N7O4S. The summed E-state index contributed by atoms with van der Waals surface area (Å²) in [6, 6.07) is 12.7. The maximum absolute atomic E-state index is 16.3. The number of alkyl halides is 2. The van der Waals surface area contributed by atoms with Gasteiger partial charge in [-0.2, -0.15) is 17.8 Å². The first-order valence-corrected chi connectivity index (χ1v) is 17.5. The lowest BCUT2D eigenvalue weighted by atomic mass is 9.99. The Labute approximate surface area is 283 Å². The fourth-order valence-electron chi connectivity index (χ4n) is 5.89. The van der Waals surface area contributed by atoms with Gasteiger partial charge in [-0.15, -0.1) is 0 Å². The molecule has 0 spiro atoms. The minimum Gasteiger partial charge on any atom is -0.444 e. The molecule has 6 rings (SSSR count). The summed E-state index contributed by atoms with van der Waals surface area (Å²) in [5.74, 6) is -0.997. The molecular weight excluding hydrogens is 659 g/mol. The van der Waals surface area contributed by atoms with Gasteiger partial charge in [-0.25, -0.2) is 22.6 Å². The van der Waals surface area contributed by atoms with E-state index in [4.69, 9.17) is 9.84 Å². The Balaban J connectivity index is 1.31. The number of piperazine rings is 1. The average molecular weight is 698 g/mol. The highest BCUT2D eigenvalue weighted by molar-refractivity contribution is 7.90. The van der Waals surface area contributed by atoms with Crippen LogP contribution in [0.4, 0.5) is 29.3 Å². The molecule has 2 aliphatic rings. The molecule has 0 unspecified atom stereocenters. The van der Waals surface area contributed by atoms with Crippen LogP contribution in [0, 0.1) is 5.82 Å². The molecule has 11 nitrogen and oxygen atoms in total. The number of aromatic nitrogens is 3. The summed E-state index contributed by atoms with van der Waals surface area (Å²) in [6.45, 7) is 8.26. The number of nitrogens with zero attached hydrogens (tertiary/aromatic N) is 6. The molecule has 2 aromatic heterocycles. The molecule has 2 saturated heterocycles. The molecule has 2 aliphatic heterocycles. The molecule has 2 fully saturated rings. The molecule has 4 heterocycles. The van der Waals surface area contributed by atoms with E-state index in [0.29, 0.717) is 56.0 Å². The number of nitrogens with one attached hydrogen (secondary N) is 1. The van der Waals surface area contributed by atoms with E-state index in [0.717, 1.165) is 17.8 Å². The van der Waals surface area contributed by atoms with Gasteiger partial charge in [0.2, 0.25) is 0 Å². The van der Waals surface area contributed by atoms with Crippen LogP contribution in [0.1, 0.15) is 45.6 Å². The van der Waals surface area contributed by atoms with Crippen molar-refractivity contribution in [2.75, 3.05) is 48.9 Å². The van der Waals surface area contributed by atoms with Crippen LogP contribution in [0.2, 0.25) is 0 Å². The van der Waals surface area contributed by atoms with Crippen molar-refractivity contribution in [2.24, 2.45) is 0 Å². The van der Waals surface area contributed by atoms with Crippen LogP contribution in [0.15, 0.2) is 67.1 Å². The Morgan fingerprint density at radius 3 is 2.14 bits per heavy atom. The quantitative estimate of drug-likeness (QED) is 0.224. The number of rotatable bonds is 8. The van der Waals surface area contributed by atoms with Crippen molar-refractivity contribution in [1.82, 2.24) is 24.0 Å². The van der Waals surface area contributed by atoms with Crippen LogP contribution in [-0.2, 0) is 14.9 Å². The number of benzene rings is 2. The second-order valence-corrected chi connectivity index (χ2v) is 14.7. The Bertz CT molecular complexity index is 1900. The predicted octanol–water partition coefficient (Wildman–Crippen LogP) is 6.49. The minimum atomic E-state index is -4.17. The van der Waals surface area contributed by atoms with Crippen molar-refractivity contribution in [1.29, 1.82) is 0 Å². The first-order chi connectivity index (χ1) is 23.3. The zero-order chi connectivity index (χ0) is 34.9. The van der Waals surface area contributed by atoms with Gasteiger partial charge in [-0.1, -0.05) is 0 Å². The Hall–Kier alpha value is -4.63. The Morgan fingerprint density at radius 1 is 0.898 bits per heavy atom. The number of hydrogen-bond acceptors (Lipinski definition) is 7. The topological polar surface area (TPSA) is 113 Å². The third-order valence-corrected chi connectivity index (χ3v) is 9.88. The molecule has 0 saturated carbocycles. The van der Waals surface area contributed by atoms with E-state index >= 15 is 4.39 Å². The summed E-state index contributed by atoms with van der Waals surface area (Å²) in [4.78, 5) is 20.4. The molecule has 49 heavy (non-hydrogen) atoms. The number of carbonyl (C=O) groups is 1. The summed E-state index contributed by atoms with van der Waals surface area (Å²) in [5.41, 5.74) is 0.692. The van der Waals surface area contributed by atoms with Gasteiger partial charge >= 0.3 is 16.3 Å². The number of anilines is 2. The smallest absolute Gasteiger partial charge is 0.410 e. The van der Waals surface area contributed by atoms with E-state index in [1.54, 1.807) is 17.0 Å². The SMILES string of the molecule is CC(C)(C)OC(=O)N1CCN(c2ccc(-n3cc(-c4cc(C(F)F)cc(NS(=O)(=O)N5CCCC5)c4F)c(-c4ccncc4)n3)cc2)CC1. The van der Waals surface area contributed by atoms with Crippen LogP contribution in [0.25, 0.3) is 28.1 Å². The lowest BCUT2D eigenvalue weighted by Gasteiger charge is -2.36. The van der Waals surface area contributed by atoms with Crippen molar-refractivity contribution < 1.29 is 31.1 Å². The van der Waals surface area contributed by atoms with Crippen molar-refractivity contribution in [3.8, 4) is 28.1 Å². The summed E-state index contributed by atoms with van der Waals surface area (Å²) in [7, 11) is -4.17. The van der Waals surface area contributed by atoms with Gasteiger partial charge in [0, 0.05) is 85.8 Å². The van der Waals surface area contributed by atoms with E-state index in [9.17, 15) is 22.0 Å². The predicted molar refractivity (Wildman–Crippen MR) is 181 cm³/mol. The van der Waals surface area contributed by atoms with E-state index in [-0.39, 0.29) is 30.3 Å². The largest absolute Gasteiger partial charge is 0.444 e. The first-order valence-electron chi connectivity index (χ1n) is 16.0. The highest BCUT2D eigenvalue weighted by Gasteiger charge is 2.29. The normalized spacial score (nSPS) is 16.0. The maximum Gasteiger partial charge on any atom is 0.410 e. The highest BCUT2D eigenvalue weighted by Crippen LogP contribution is 2.39. The van der Waals surface area contributed by atoms with E-state index in [2.05, 4.69) is 14.6 Å². The van der Waals surface area contributed by atoms with Gasteiger partial charge in [-0.05, 0) is 82.1 Å². The standard InChI is InChI=1S/C34H38F3N7O4S/c1-34(2,3)48-33(45)42-18-16-41(17-19-42)25-6-8-26(9-7-25)44-22-28(31(39-44)23-10-12-38-13-11-23)27-20-24(32(36)37)21-29(30(27)35)40-49(46,47)43-14-4-5-15-43/h6-13,20-22,32,40H,4-5,14-19H2,1-3H3. The van der Waals surface area contributed by atoms with E-state index in [1.807, 2.05) is 45.0 Å². The lowest BCUT2D eigenvalue weighted by molar-refractivity contribution is 0.0240. The highest BCUT2D eigenvalue weighted by atomic mass is 32.2. The second-order valence-electron chi connectivity index (χ2n) is 13.0. The fourth-order valence-corrected chi connectivity index (χ4v) is 7.19. The monoisotopic (exact) mass is 697 g/mol. The van der Waals surface area contributed by atoms with Crippen LogP contribution >= 0.6 is 0 Å². The second kappa shape index (κ2) is 13.7. The van der Waals surface area contributed by atoms with Crippen molar-refractivity contribution in [3.05, 3.63) is 78.5 Å². The average Bonchev–Trinajstić information content (AvgIpc) is 3.78. The maximum atomic E-state index is 16.3. The summed E-state index contributed by atoms with van der Waals surface area (Å²) in [5, 5.41) is 4.73. The molecule has 0 atom stereocenters. The Kier molecular flexibility index (Phi) is 9.58. The van der Waals surface area contributed by atoms with Gasteiger partial charge in [0.25, 0.3) is 6.43 Å². The van der Waals surface area contributed by atoms with Crippen molar-refractivity contribution in [2.45, 2.75) is 45.6 Å². The molecule has 260 valence electrons. The number of amides is 1. The third kappa shape index (κ3) is 7.67. The van der Waals surface area contributed by atoms with Gasteiger partial charge in [0.05, 0.1) is 11.4 Å². The third-order valence-electron chi connectivity index (χ3n) is 8.36. The lowest BCUT2D eigenvalue weighted by Crippen LogP contribution is -2.50. The van der Waals surface area contributed by atoms with Crippen LogP contribution in [0.3, 0.4) is 0 Å². The number of carbonyl (C=O) groups excluding carboxylic acids is 1. The molecule has 1 N–H and O–H groups in total. The molecule has 2 aromatic carbocycles. The zero-order valence-electron chi connectivity index (χ0n) is 27.4. The molecule has 0 radical (unpaired) electrons. The Morgan fingerprint density at radius 2 is 1.53 bits per heavy atom. The van der Waals surface area contributed by atoms with Gasteiger partial charge in [-0.3, -0.25) is 9.71 Å². The number of pyridine rings is 1. The van der Waals surface area contributed by atoms with E-state index < -0.39 is 39.3 Å². The molecule has 15 heteroatoms. The van der Waals surface area contributed by atoms with Crippen LogP contribution in [0.5, 0.6) is 0 Å². The van der Waals surface area contributed by atoms with Crippen molar-refractivity contribution >= 4 is 27.7 Å². The number of ether oxygens (including phenoxy) is 1. The van der Waals surface area contributed by atoms with E-state index in [1.165, 1.54) is 27.6 Å². The summed E-state index contributed by atoms with van der Waals surface area (Å²) < 4.78 is 81.0. The van der Waals surface area contributed by atoms with Gasteiger partial charge in [0.15, 0.2) is 5.82 Å². The van der Waals surface area contributed by atoms with Gasteiger partial charge in [0.1, 0.15) is 11.3 Å². The van der Waals surface area contributed by atoms with Crippen molar-refractivity contribution in [3.63, 3.8) is 0 Å². The molecule has 1 amide bonds. The minimum absolute atomic E-state index is 0.190. The fraction of sp³-hybridized carbons (Fsp3) is 0.382. The molecule has 0 bridgehead atoms. The van der Waals surface area contributed by atoms with Crippen LogP contribution < -0.4 is 9.62 Å². The molecule has 0 aliphatic carbocycles. The summed E-state index contributed by atoms with van der Waals surface area (Å²) in [6.07, 6.45) is 2.60. The zero-order valence-corrected chi connectivity index (χ0v) is 28.3. The first kappa shape index (κ1) is 34.2. The van der Waals surface area contributed by atoms with Gasteiger partial charge < -0.3 is 14.5 Å².